The van der Waals surface area contributed by atoms with Crippen molar-refractivity contribution >= 4 is 45.5 Å². The van der Waals surface area contributed by atoms with Crippen molar-refractivity contribution in [1.82, 2.24) is 19.0 Å². The highest BCUT2D eigenvalue weighted by molar-refractivity contribution is 6.31. The van der Waals surface area contributed by atoms with Gasteiger partial charge in [-0.2, -0.15) is 0 Å². The average Bonchev–Trinajstić information content (AvgIpc) is 3.30. The number of imidazole rings is 1. The molecular weight excluding hydrogens is 516 g/mol. The van der Waals surface area contributed by atoms with Gasteiger partial charge in [0, 0.05) is 43.1 Å². The summed E-state index contributed by atoms with van der Waals surface area (Å²) in [6, 6.07) is 12.9. The van der Waals surface area contributed by atoms with Crippen molar-refractivity contribution in [2.75, 3.05) is 45.2 Å². The van der Waals surface area contributed by atoms with Crippen molar-refractivity contribution in [3.05, 3.63) is 69.0 Å². The Morgan fingerprint density at radius 3 is 2.77 bits per heavy atom. The minimum atomic E-state index is -0.393. The number of halogens is 1. The molecule has 1 atom stereocenters. The van der Waals surface area contributed by atoms with Crippen LogP contribution < -0.4 is 16.2 Å². The number of ether oxygens (including phenoxy) is 1. The largest absolute Gasteiger partial charge is 0.462 e. The molecule has 1 aliphatic heterocycles. The molecular formula is C29H35ClN6O3. The third-order valence-corrected chi connectivity index (χ3v) is 7.68. The molecule has 1 saturated heterocycles. The van der Waals surface area contributed by atoms with E-state index in [9.17, 15) is 9.59 Å². The Bertz CT molecular complexity index is 1580. The van der Waals surface area contributed by atoms with Gasteiger partial charge in [-0.1, -0.05) is 29.8 Å². The molecule has 1 fully saturated rings. The van der Waals surface area contributed by atoms with Crippen molar-refractivity contribution in [3.8, 4) is 0 Å². The van der Waals surface area contributed by atoms with Crippen molar-refractivity contribution < 1.29 is 9.53 Å². The van der Waals surface area contributed by atoms with E-state index >= 15 is 0 Å². The molecule has 10 heteroatoms. The maximum Gasteiger partial charge on any atom is 0.338 e. The van der Waals surface area contributed by atoms with Crippen LogP contribution in [0.1, 0.15) is 35.2 Å². The normalized spacial score (nSPS) is 15.9. The van der Waals surface area contributed by atoms with Gasteiger partial charge in [0.25, 0.3) is 5.56 Å². The number of esters is 1. The summed E-state index contributed by atoms with van der Waals surface area (Å²) in [7, 11) is 5.71. The molecule has 2 N–H and O–H groups in total. The van der Waals surface area contributed by atoms with Crippen molar-refractivity contribution in [2.24, 2.45) is 12.8 Å². The summed E-state index contributed by atoms with van der Waals surface area (Å²) in [5.41, 5.74) is 9.19. The minimum absolute atomic E-state index is 0.0285. The van der Waals surface area contributed by atoms with Gasteiger partial charge in [-0.05, 0) is 63.2 Å². The highest BCUT2D eigenvalue weighted by atomic mass is 35.5. The van der Waals surface area contributed by atoms with E-state index in [2.05, 4.69) is 4.90 Å². The quantitative estimate of drug-likeness (QED) is 0.264. The van der Waals surface area contributed by atoms with Gasteiger partial charge in [0.15, 0.2) is 0 Å². The molecule has 2 aromatic heterocycles. The molecule has 0 unspecified atom stereocenters. The first-order valence-electron chi connectivity index (χ1n) is 13.3. The topological polar surface area (TPSA) is 98.6 Å². The molecule has 206 valence electrons. The lowest BCUT2D eigenvalue weighted by molar-refractivity contribution is 0.0493. The number of hydrogen-bond donors (Lipinski definition) is 1. The molecule has 0 aliphatic carbocycles. The Morgan fingerprint density at radius 2 is 2.03 bits per heavy atom. The van der Waals surface area contributed by atoms with Gasteiger partial charge >= 0.3 is 5.97 Å². The van der Waals surface area contributed by atoms with Gasteiger partial charge < -0.3 is 29.4 Å². The predicted molar refractivity (Wildman–Crippen MR) is 156 cm³/mol. The van der Waals surface area contributed by atoms with Gasteiger partial charge in [0.2, 0.25) is 5.95 Å². The van der Waals surface area contributed by atoms with Gasteiger partial charge in [0.1, 0.15) is 11.0 Å². The number of hydrogen-bond acceptors (Lipinski definition) is 7. The van der Waals surface area contributed by atoms with E-state index in [4.69, 9.17) is 27.1 Å². The summed E-state index contributed by atoms with van der Waals surface area (Å²) in [6.07, 6.45) is 2.64. The number of rotatable bonds is 8. The molecule has 5 rings (SSSR count). The van der Waals surface area contributed by atoms with Gasteiger partial charge in [-0.3, -0.25) is 4.79 Å². The Hall–Kier alpha value is -3.40. The molecule has 39 heavy (non-hydrogen) atoms. The Labute approximate surface area is 232 Å². The lowest BCUT2D eigenvalue weighted by atomic mass is 10.1. The number of carbonyl (C=O) groups is 1. The zero-order chi connectivity index (χ0) is 27.7. The van der Waals surface area contributed by atoms with E-state index in [1.165, 1.54) is 0 Å². The number of nitrogens with two attached hydrogens (primary N) is 1. The van der Waals surface area contributed by atoms with Gasteiger partial charge in [-0.15, -0.1) is 0 Å². The van der Waals surface area contributed by atoms with Crippen LogP contribution in [0, 0.1) is 0 Å². The number of benzene rings is 2. The second-order valence-electron chi connectivity index (χ2n) is 10.5. The van der Waals surface area contributed by atoms with E-state index in [0.717, 1.165) is 43.3 Å². The molecule has 0 amide bonds. The molecule has 0 radical (unpaired) electrons. The highest BCUT2D eigenvalue weighted by Crippen LogP contribution is 2.31. The fourth-order valence-electron chi connectivity index (χ4n) is 5.27. The van der Waals surface area contributed by atoms with E-state index in [1.807, 2.05) is 47.8 Å². The Balaban J connectivity index is 1.65. The summed E-state index contributed by atoms with van der Waals surface area (Å²) in [4.78, 5) is 35.9. The van der Waals surface area contributed by atoms with Crippen LogP contribution in [0.4, 0.5) is 5.95 Å². The fraction of sp³-hybridized carbons (Fsp3) is 0.414. The minimum Gasteiger partial charge on any atom is -0.462 e. The number of pyridine rings is 1. The fourth-order valence-corrected chi connectivity index (χ4v) is 5.46. The van der Waals surface area contributed by atoms with E-state index in [0.29, 0.717) is 52.8 Å². The summed E-state index contributed by atoms with van der Waals surface area (Å²) in [6.45, 7) is 2.99. The SMILES string of the molecule is CN(C)CCCOC(=O)c1ccc2c(c1)c1nc(N3CCC[C@@H](N)C3)n(Cc3ccccc3Cl)c1c(=O)n2C. The van der Waals surface area contributed by atoms with Crippen LogP contribution in [0.2, 0.25) is 5.02 Å². The Kier molecular flexibility index (Phi) is 7.93. The summed E-state index contributed by atoms with van der Waals surface area (Å²) in [5.74, 6) is 0.289. The highest BCUT2D eigenvalue weighted by Gasteiger charge is 2.26. The molecule has 3 heterocycles. The third-order valence-electron chi connectivity index (χ3n) is 7.31. The second-order valence-corrected chi connectivity index (χ2v) is 10.9. The molecule has 0 saturated carbocycles. The first kappa shape index (κ1) is 27.2. The van der Waals surface area contributed by atoms with Gasteiger partial charge in [-0.25, -0.2) is 9.78 Å². The van der Waals surface area contributed by atoms with Gasteiger partial charge in [0.05, 0.1) is 24.2 Å². The number of nitrogens with zero attached hydrogens (tertiary/aromatic N) is 5. The lowest BCUT2D eigenvalue weighted by Gasteiger charge is -2.32. The zero-order valence-corrected chi connectivity index (χ0v) is 23.4. The molecule has 2 aromatic carbocycles. The zero-order valence-electron chi connectivity index (χ0n) is 22.7. The number of anilines is 1. The second kappa shape index (κ2) is 11.4. The third kappa shape index (κ3) is 5.52. The first-order chi connectivity index (χ1) is 18.7. The Morgan fingerprint density at radius 1 is 1.23 bits per heavy atom. The molecule has 0 spiro atoms. The van der Waals surface area contributed by atoms with E-state index < -0.39 is 5.97 Å². The first-order valence-corrected chi connectivity index (χ1v) is 13.7. The predicted octanol–water partition coefficient (Wildman–Crippen LogP) is 3.63. The number of carbonyl (C=O) groups excluding carboxylic acids is 1. The maximum atomic E-state index is 13.8. The van der Waals surface area contributed by atoms with Crippen LogP contribution in [-0.4, -0.2) is 71.4 Å². The van der Waals surface area contributed by atoms with Crippen molar-refractivity contribution in [3.63, 3.8) is 0 Å². The van der Waals surface area contributed by atoms with Crippen LogP contribution in [0.3, 0.4) is 0 Å². The smallest absolute Gasteiger partial charge is 0.338 e. The number of piperidine rings is 1. The number of fused-ring (bicyclic) bond motifs is 3. The lowest BCUT2D eigenvalue weighted by Crippen LogP contribution is -2.44. The molecule has 1 aliphatic rings. The van der Waals surface area contributed by atoms with Crippen molar-refractivity contribution in [1.29, 1.82) is 0 Å². The summed E-state index contributed by atoms with van der Waals surface area (Å²) in [5, 5.41) is 1.34. The van der Waals surface area contributed by atoms with Crippen LogP contribution in [0.25, 0.3) is 21.9 Å². The average molecular weight is 551 g/mol. The van der Waals surface area contributed by atoms with Crippen LogP contribution in [0.5, 0.6) is 0 Å². The van der Waals surface area contributed by atoms with Crippen LogP contribution in [0.15, 0.2) is 47.3 Å². The number of aryl methyl sites for hydroxylation is 1. The maximum absolute atomic E-state index is 13.8. The van der Waals surface area contributed by atoms with E-state index in [-0.39, 0.29) is 11.6 Å². The summed E-state index contributed by atoms with van der Waals surface area (Å²) < 4.78 is 9.08. The van der Waals surface area contributed by atoms with E-state index in [1.54, 1.807) is 29.8 Å². The standard InChI is InChI=1S/C29H35ClN6O3/c1-33(2)13-7-15-39-28(38)19-11-12-24-22(16-19)25-26(27(37)34(24)3)36(17-20-8-4-5-10-23(20)30)29(32-25)35-14-6-9-21(31)18-35/h4-5,8,10-12,16,21H,6-7,9,13-15,17-18,31H2,1-3H3/t21-/m1/s1. The monoisotopic (exact) mass is 550 g/mol. The van der Waals surface area contributed by atoms with Crippen LogP contribution >= 0.6 is 11.6 Å². The molecule has 9 nitrogen and oxygen atoms in total. The van der Waals surface area contributed by atoms with Crippen LogP contribution in [-0.2, 0) is 18.3 Å². The summed E-state index contributed by atoms with van der Waals surface area (Å²) >= 11 is 6.54. The number of aromatic nitrogens is 3. The molecule has 0 bridgehead atoms. The van der Waals surface area contributed by atoms with Crippen molar-refractivity contribution in [2.45, 2.75) is 31.8 Å². The molecule has 4 aromatic rings.